The van der Waals surface area contributed by atoms with Crippen LogP contribution >= 0.6 is 0 Å². The fourth-order valence-electron chi connectivity index (χ4n) is 2.67. The number of aromatic nitrogens is 2. The fraction of sp³-hybridized carbons (Fsp3) is 0. The molecule has 4 rings (SSSR count). The second kappa shape index (κ2) is 8.44. The second-order valence-corrected chi connectivity index (χ2v) is 6.30. The van der Waals surface area contributed by atoms with Crippen molar-refractivity contribution in [2.45, 2.75) is 0 Å². The van der Waals surface area contributed by atoms with Crippen LogP contribution < -0.4 is 21.1 Å². The molecule has 6 nitrogen and oxygen atoms in total. The highest BCUT2D eigenvalue weighted by atomic mass is 19.2. The van der Waals surface area contributed by atoms with E-state index in [0.29, 0.717) is 17.3 Å². The van der Waals surface area contributed by atoms with E-state index in [0.717, 1.165) is 23.6 Å². The first-order valence-corrected chi connectivity index (χ1v) is 9.01. The largest absolute Gasteiger partial charge is 0.457 e. The first-order valence-electron chi connectivity index (χ1n) is 9.01. The topological polar surface area (TPSA) is 85.1 Å². The maximum Gasteiger partial charge on any atom is 0.160 e. The molecule has 30 heavy (non-hydrogen) atoms. The van der Waals surface area contributed by atoms with E-state index in [1.165, 1.54) is 12.4 Å². The summed E-state index contributed by atoms with van der Waals surface area (Å²) in [5, 5.41) is 5.96. The number of hydrogen-bond acceptors (Lipinski definition) is 6. The van der Waals surface area contributed by atoms with Gasteiger partial charge in [-0.1, -0.05) is 18.2 Å². The van der Waals surface area contributed by atoms with Gasteiger partial charge in [0.1, 0.15) is 23.5 Å². The average molecular weight is 405 g/mol. The van der Waals surface area contributed by atoms with Crippen LogP contribution in [0.5, 0.6) is 11.5 Å². The Hall–Kier alpha value is -4.20. The van der Waals surface area contributed by atoms with Gasteiger partial charge in [-0.2, -0.15) is 0 Å². The van der Waals surface area contributed by atoms with Gasteiger partial charge in [0.25, 0.3) is 0 Å². The maximum atomic E-state index is 13.4. The molecule has 0 unspecified atom stereocenters. The lowest BCUT2D eigenvalue weighted by molar-refractivity contribution is 0.483. The van der Waals surface area contributed by atoms with Gasteiger partial charge in [-0.15, -0.1) is 0 Å². The van der Waals surface area contributed by atoms with E-state index >= 15 is 0 Å². The van der Waals surface area contributed by atoms with E-state index in [-0.39, 0.29) is 11.5 Å². The number of para-hydroxylation sites is 1. The lowest BCUT2D eigenvalue weighted by atomic mass is 10.2. The number of ether oxygens (including phenoxy) is 1. The lowest BCUT2D eigenvalue weighted by Gasteiger charge is -2.13. The standard InChI is InChI=1S/C22H17F2N5O/c23-18-11-8-15(12-19(18)24)29-22-20(25)21(26-13-27-22)28-14-6-9-17(10-7-14)30-16-4-2-1-3-5-16/h1-13H,25H2,(H2,26,27,28,29). The third-order valence-corrected chi connectivity index (χ3v) is 4.16. The first-order chi connectivity index (χ1) is 14.6. The number of nitrogen functional groups attached to an aromatic ring is 1. The summed E-state index contributed by atoms with van der Waals surface area (Å²) in [6, 6.07) is 20.2. The van der Waals surface area contributed by atoms with Crippen LogP contribution in [0.3, 0.4) is 0 Å². The molecule has 150 valence electrons. The molecule has 0 saturated heterocycles. The molecule has 0 saturated carbocycles. The molecule has 4 N–H and O–H groups in total. The van der Waals surface area contributed by atoms with E-state index in [2.05, 4.69) is 20.6 Å². The minimum absolute atomic E-state index is 0.229. The normalized spacial score (nSPS) is 10.5. The molecule has 3 aromatic carbocycles. The molecule has 0 radical (unpaired) electrons. The molecule has 1 heterocycles. The van der Waals surface area contributed by atoms with Crippen molar-refractivity contribution >= 4 is 28.7 Å². The SMILES string of the molecule is Nc1c(Nc2ccc(Oc3ccccc3)cc2)ncnc1Nc1ccc(F)c(F)c1. The average Bonchev–Trinajstić information content (AvgIpc) is 2.76. The number of halogens is 2. The minimum Gasteiger partial charge on any atom is -0.457 e. The third-order valence-electron chi connectivity index (χ3n) is 4.16. The molecule has 0 aliphatic rings. The zero-order chi connectivity index (χ0) is 20.9. The van der Waals surface area contributed by atoms with E-state index < -0.39 is 11.6 Å². The van der Waals surface area contributed by atoms with Crippen molar-refractivity contribution in [3.05, 3.63) is 90.8 Å². The van der Waals surface area contributed by atoms with Gasteiger partial charge in [-0.3, -0.25) is 0 Å². The number of rotatable bonds is 6. The summed E-state index contributed by atoms with van der Waals surface area (Å²) in [7, 11) is 0. The summed E-state index contributed by atoms with van der Waals surface area (Å²) in [6.45, 7) is 0. The van der Waals surface area contributed by atoms with Crippen molar-refractivity contribution in [2.24, 2.45) is 0 Å². The zero-order valence-electron chi connectivity index (χ0n) is 15.6. The van der Waals surface area contributed by atoms with Crippen LogP contribution in [0.25, 0.3) is 0 Å². The highest BCUT2D eigenvalue weighted by Crippen LogP contribution is 2.29. The fourth-order valence-corrected chi connectivity index (χ4v) is 2.67. The van der Waals surface area contributed by atoms with Crippen molar-refractivity contribution < 1.29 is 13.5 Å². The Labute approximate surface area is 171 Å². The number of nitrogens with two attached hydrogens (primary N) is 1. The van der Waals surface area contributed by atoms with Gasteiger partial charge < -0.3 is 21.1 Å². The van der Waals surface area contributed by atoms with Gasteiger partial charge in [0.15, 0.2) is 23.3 Å². The van der Waals surface area contributed by atoms with Crippen molar-refractivity contribution in [3.63, 3.8) is 0 Å². The van der Waals surface area contributed by atoms with Crippen LogP contribution in [0, 0.1) is 11.6 Å². The molecule has 0 atom stereocenters. The molecule has 0 amide bonds. The number of nitrogens with zero attached hydrogens (tertiary/aromatic N) is 2. The molecule has 8 heteroatoms. The van der Waals surface area contributed by atoms with Crippen molar-refractivity contribution in [1.29, 1.82) is 0 Å². The number of benzene rings is 3. The number of nitrogens with one attached hydrogen (secondary N) is 2. The summed E-state index contributed by atoms with van der Waals surface area (Å²) in [4.78, 5) is 8.21. The molecular weight excluding hydrogens is 388 g/mol. The zero-order valence-corrected chi connectivity index (χ0v) is 15.6. The Morgan fingerprint density at radius 2 is 1.30 bits per heavy atom. The van der Waals surface area contributed by atoms with Crippen LogP contribution in [0.15, 0.2) is 79.1 Å². The van der Waals surface area contributed by atoms with Crippen molar-refractivity contribution in [2.75, 3.05) is 16.4 Å². The van der Waals surface area contributed by atoms with Crippen molar-refractivity contribution in [1.82, 2.24) is 9.97 Å². The Morgan fingerprint density at radius 3 is 1.97 bits per heavy atom. The van der Waals surface area contributed by atoms with E-state index in [4.69, 9.17) is 10.5 Å². The summed E-state index contributed by atoms with van der Waals surface area (Å²) in [6.07, 6.45) is 1.31. The van der Waals surface area contributed by atoms with Gasteiger partial charge in [-0.25, -0.2) is 18.7 Å². The molecule has 0 fully saturated rings. The first kappa shape index (κ1) is 19.1. The quantitative estimate of drug-likeness (QED) is 0.386. The number of anilines is 5. The summed E-state index contributed by atoms with van der Waals surface area (Å²) in [5.74, 6) is 0.158. The van der Waals surface area contributed by atoms with Crippen LogP contribution in [0.1, 0.15) is 0 Å². The molecule has 0 bridgehead atoms. The Morgan fingerprint density at radius 1 is 0.700 bits per heavy atom. The predicted octanol–water partition coefficient (Wildman–Crippen LogP) is 5.62. The van der Waals surface area contributed by atoms with Crippen LogP contribution in [0.2, 0.25) is 0 Å². The Bertz CT molecular complexity index is 1150. The van der Waals surface area contributed by atoms with Crippen LogP contribution in [-0.4, -0.2) is 9.97 Å². The van der Waals surface area contributed by atoms with Gasteiger partial charge in [-0.05, 0) is 48.5 Å². The highest BCUT2D eigenvalue weighted by molar-refractivity contribution is 5.80. The second-order valence-electron chi connectivity index (χ2n) is 6.30. The molecule has 0 spiro atoms. The summed E-state index contributed by atoms with van der Waals surface area (Å²) >= 11 is 0. The molecule has 1 aromatic heterocycles. The monoisotopic (exact) mass is 405 g/mol. The molecule has 4 aromatic rings. The van der Waals surface area contributed by atoms with Gasteiger partial charge >= 0.3 is 0 Å². The number of hydrogen-bond donors (Lipinski definition) is 3. The summed E-state index contributed by atoms with van der Waals surface area (Å²) in [5.41, 5.74) is 7.41. The van der Waals surface area contributed by atoms with Gasteiger partial charge in [0.2, 0.25) is 0 Å². The van der Waals surface area contributed by atoms with E-state index in [1.807, 2.05) is 54.6 Å². The predicted molar refractivity (Wildman–Crippen MR) is 112 cm³/mol. The van der Waals surface area contributed by atoms with Crippen LogP contribution in [0.4, 0.5) is 37.5 Å². The lowest BCUT2D eigenvalue weighted by Crippen LogP contribution is -2.05. The molecule has 0 aliphatic carbocycles. The van der Waals surface area contributed by atoms with Gasteiger partial charge in [0, 0.05) is 17.4 Å². The van der Waals surface area contributed by atoms with Crippen molar-refractivity contribution in [3.8, 4) is 11.5 Å². The smallest absolute Gasteiger partial charge is 0.160 e. The minimum atomic E-state index is -0.969. The Kier molecular flexibility index (Phi) is 5.38. The van der Waals surface area contributed by atoms with E-state index in [1.54, 1.807) is 0 Å². The Balaban J connectivity index is 1.48. The summed E-state index contributed by atoms with van der Waals surface area (Å²) < 4.78 is 32.3. The highest BCUT2D eigenvalue weighted by Gasteiger charge is 2.10. The third kappa shape index (κ3) is 4.44. The molecular formula is C22H17F2N5O. The van der Waals surface area contributed by atoms with E-state index in [9.17, 15) is 8.78 Å². The van der Waals surface area contributed by atoms with Crippen LogP contribution in [-0.2, 0) is 0 Å². The molecule has 0 aliphatic heterocycles. The maximum absolute atomic E-state index is 13.4. The van der Waals surface area contributed by atoms with Gasteiger partial charge in [0.05, 0.1) is 0 Å².